The minimum atomic E-state index is -0.770. The van der Waals surface area contributed by atoms with E-state index in [-0.39, 0.29) is 29.2 Å². The van der Waals surface area contributed by atoms with Crippen molar-refractivity contribution in [2.75, 3.05) is 14.2 Å². The molecular formula is C33H37NO5. The Labute approximate surface area is 230 Å². The average Bonchev–Trinajstić information content (AvgIpc) is 3.17. The number of para-hydroxylation sites is 1. The second-order valence-corrected chi connectivity index (χ2v) is 11.2. The molecule has 0 bridgehead atoms. The van der Waals surface area contributed by atoms with Crippen LogP contribution in [0.3, 0.4) is 0 Å². The standard InChI is InChI=1S/C33H37NO5/c1-20(2)25-18-22(14-17-27(25)39-7)30(35)28-29(21-12-15-24(16-13-21)33(3,4)5)34(32(37)31(28)36)19-23-10-8-9-11-26(23)38-6/h8-18,20,29,35H,19H2,1-7H3/b30-28-. The van der Waals surface area contributed by atoms with Gasteiger partial charge >= 0.3 is 0 Å². The molecule has 1 saturated heterocycles. The van der Waals surface area contributed by atoms with Gasteiger partial charge in [0.15, 0.2) is 0 Å². The molecule has 1 aliphatic rings. The Morgan fingerprint density at radius 1 is 0.923 bits per heavy atom. The van der Waals surface area contributed by atoms with E-state index < -0.39 is 17.7 Å². The van der Waals surface area contributed by atoms with Crippen LogP contribution in [0.15, 0.2) is 72.3 Å². The van der Waals surface area contributed by atoms with Crippen LogP contribution in [0.1, 0.15) is 74.4 Å². The van der Waals surface area contributed by atoms with Gasteiger partial charge in [0.25, 0.3) is 11.7 Å². The predicted molar refractivity (Wildman–Crippen MR) is 153 cm³/mol. The number of nitrogens with zero attached hydrogens (tertiary/aromatic N) is 1. The lowest BCUT2D eigenvalue weighted by Gasteiger charge is -2.27. The Kier molecular flexibility index (Phi) is 7.86. The molecule has 39 heavy (non-hydrogen) atoms. The molecule has 3 aromatic rings. The number of carbonyl (C=O) groups is 2. The fourth-order valence-corrected chi connectivity index (χ4v) is 5.06. The minimum absolute atomic E-state index is 0.0614. The number of likely N-dealkylation sites (tertiary alicyclic amines) is 1. The molecule has 0 aromatic heterocycles. The van der Waals surface area contributed by atoms with E-state index in [2.05, 4.69) is 20.8 Å². The Hall–Kier alpha value is -4.06. The molecule has 1 heterocycles. The normalized spacial score (nSPS) is 17.1. The molecule has 6 heteroatoms. The number of methoxy groups -OCH3 is 2. The van der Waals surface area contributed by atoms with Gasteiger partial charge < -0.3 is 19.5 Å². The minimum Gasteiger partial charge on any atom is -0.507 e. The second-order valence-electron chi connectivity index (χ2n) is 11.2. The third-order valence-electron chi connectivity index (χ3n) is 7.29. The molecule has 0 spiro atoms. The van der Waals surface area contributed by atoms with Gasteiger partial charge in [0.1, 0.15) is 17.3 Å². The highest BCUT2D eigenvalue weighted by atomic mass is 16.5. The summed E-state index contributed by atoms with van der Waals surface area (Å²) in [5, 5.41) is 11.6. The molecular weight excluding hydrogens is 490 g/mol. The number of carbonyl (C=O) groups excluding carboxylic acids is 2. The molecule has 3 aromatic carbocycles. The molecule has 1 N–H and O–H groups in total. The van der Waals surface area contributed by atoms with Gasteiger partial charge in [-0.3, -0.25) is 9.59 Å². The summed E-state index contributed by atoms with van der Waals surface area (Å²) < 4.78 is 11.0. The summed E-state index contributed by atoms with van der Waals surface area (Å²) in [4.78, 5) is 28.6. The van der Waals surface area contributed by atoms with E-state index >= 15 is 0 Å². The van der Waals surface area contributed by atoms with Gasteiger partial charge in [-0.25, -0.2) is 0 Å². The molecule has 1 aliphatic heterocycles. The van der Waals surface area contributed by atoms with E-state index in [1.165, 1.54) is 4.90 Å². The third kappa shape index (κ3) is 5.42. The highest BCUT2D eigenvalue weighted by Gasteiger charge is 2.46. The number of rotatable bonds is 7. The Morgan fingerprint density at radius 2 is 1.56 bits per heavy atom. The van der Waals surface area contributed by atoms with Crippen molar-refractivity contribution in [1.29, 1.82) is 0 Å². The highest BCUT2D eigenvalue weighted by molar-refractivity contribution is 6.46. The molecule has 1 fully saturated rings. The van der Waals surface area contributed by atoms with Crippen LogP contribution < -0.4 is 9.47 Å². The summed E-state index contributed by atoms with van der Waals surface area (Å²) in [7, 11) is 3.18. The largest absolute Gasteiger partial charge is 0.507 e. The summed E-state index contributed by atoms with van der Waals surface area (Å²) in [6.07, 6.45) is 0. The monoisotopic (exact) mass is 527 g/mol. The van der Waals surface area contributed by atoms with Gasteiger partial charge in [-0.1, -0.05) is 77.1 Å². The summed E-state index contributed by atoms with van der Waals surface area (Å²) >= 11 is 0. The molecule has 0 saturated carbocycles. The van der Waals surface area contributed by atoms with Crippen LogP contribution in [0.2, 0.25) is 0 Å². The number of benzene rings is 3. The molecule has 0 radical (unpaired) electrons. The van der Waals surface area contributed by atoms with Gasteiger partial charge in [-0.15, -0.1) is 0 Å². The average molecular weight is 528 g/mol. The maximum absolute atomic E-state index is 13.6. The van der Waals surface area contributed by atoms with E-state index in [1.54, 1.807) is 26.4 Å². The van der Waals surface area contributed by atoms with Crippen LogP contribution in [0.5, 0.6) is 11.5 Å². The Morgan fingerprint density at radius 3 is 2.15 bits per heavy atom. The van der Waals surface area contributed by atoms with Crippen molar-refractivity contribution >= 4 is 17.4 Å². The first-order valence-corrected chi connectivity index (χ1v) is 13.2. The number of hydrogen-bond donors (Lipinski definition) is 1. The zero-order chi connectivity index (χ0) is 28.5. The Bertz CT molecular complexity index is 1410. The summed E-state index contributed by atoms with van der Waals surface area (Å²) in [5.74, 6) is -0.128. The number of hydrogen-bond acceptors (Lipinski definition) is 5. The highest BCUT2D eigenvalue weighted by Crippen LogP contribution is 2.42. The van der Waals surface area contributed by atoms with Crippen molar-refractivity contribution in [3.05, 3.63) is 100 Å². The van der Waals surface area contributed by atoms with Crippen molar-refractivity contribution in [3.8, 4) is 11.5 Å². The number of ketones is 1. The number of amides is 1. The Balaban J connectivity index is 1.90. The molecule has 1 atom stereocenters. The smallest absolute Gasteiger partial charge is 0.295 e. The topological polar surface area (TPSA) is 76.1 Å². The van der Waals surface area contributed by atoms with Gasteiger partial charge in [-0.05, 0) is 52.3 Å². The summed E-state index contributed by atoms with van der Waals surface area (Å²) in [6.45, 7) is 10.6. The molecule has 6 nitrogen and oxygen atoms in total. The van der Waals surface area contributed by atoms with Crippen molar-refractivity contribution in [1.82, 2.24) is 4.90 Å². The molecule has 1 unspecified atom stereocenters. The first kappa shape index (κ1) is 28.0. The van der Waals surface area contributed by atoms with Crippen LogP contribution in [0.25, 0.3) is 5.76 Å². The van der Waals surface area contributed by atoms with Crippen molar-refractivity contribution in [3.63, 3.8) is 0 Å². The van der Waals surface area contributed by atoms with E-state index in [0.717, 1.165) is 22.3 Å². The van der Waals surface area contributed by atoms with E-state index in [4.69, 9.17) is 9.47 Å². The van der Waals surface area contributed by atoms with Crippen LogP contribution >= 0.6 is 0 Å². The number of ether oxygens (including phenoxy) is 2. The maximum atomic E-state index is 13.6. The second kappa shape index (κ2) is 11.0. The summed E-state index contributed by atoms with van der Waals surface area (Å²) in [6, 6.07) is 19.9. The first-order valence-electron chi connectivity index (χ1n) is 13.2. The van der Waals surface area contributed by atoms with Gasteiger partial charge in [-0.2, -0.15) is 0 Å². The number of aliphatic hydroxyl groups is 1. The van der Waals surface area contributed by atoms with Crippen molar-refractivity contribution in [2.45, 2.75) is 58.5 Å². The van der Waals surface area contributed by atoms with Crippen LogP contribution in [-0.4, -0.2) is 35.9 Å². The summed E-state index contributed by atoms with van der Waals surface area (Å²) in [5.41, 5.74) is 4.01. The molecule has 4 rings (SSSR count). The number of aliphatic hydroxyl groups excluding tert-OH is 1. The fourth-order valence-electron chi connectivity index (χ4n) is 5.06. The van der Waals surface area contributed by atoms with Gasteiger partial charge in [0.2, 0.25) is 0 Å². The lowest BCUT2D eigenvalue weighted by atomic mass is 9.85. The predicted octanol–water partition coefficient (Wildman–Crippen LogP) is 6.75. The molecule has 204 valence electrons. The zero-order valence-corrected chi connectivity index (χ0v) is 23.7. The quantitative estimate of drug-likeness (QED) is 0.209. The van der Waals surface area contributed by atoms with Crippen molar-refractivity contribution in [2.24, 2.45) is 0 Å². The fraction of sp³-hybridized carbons (Fsp3) is 0.333. The van der Waals surface area contributed by atoms with Crippen LogP contribution in [0.4, 0.5) is 0 Å². The number of Topliss-reactive ketones (excluding diaryl/α,β-unsaturated/α-hetero) is 1. The van der Waals surface area contributed by atoms with Gasteiger partial charge in [0, 0.05) is 11.1 Å². The SMILES string of the molecule is COc1ccccc1CN1C(=O)C(=O)/C(=C(\O)c2ccc(OC)c(C(C)C)c2)C1c1ccc(C(C)(C)C)cc1. The van der Waals surface area contributed by atoms with Gasteiger partial charge in [0.05, 0.1) is 32.4 Å². The van der Waals surface area contributed by atoms with E-state index in [0.29, 0.717) is 17.1 Å². The van der Waals surface area contributed by atoms with E-state index in [9.17, 15) is 14.7 Å². The van der Waals surface area contributed by atoms with E-state index in [1.807, 2.05) is 68.4 Å². The molecule has 0 aliphatic carbocycles. The third-order valence-corrected chi connectivity index (χ3v) is 7.29. The lowest BCUT2D eigenvalue weighted by molar-refractivity contribution is -0.140. The van der Waals surface area contributed by atoms with Crippen molar-refractivity contribution < 1.29 is 24.2 Å². The maximum Gasteiger partial charge on any atom is 0.295 e. The van der Waals surface area contributed by atoms with Crippen LogP contribution in [0, 0.1) is 0 Å². The lowest BCUT2D eigenvalue weighted by Crippen LogP contribution is -2.29. The molecule has 1 amide bonds. The zero-order valence-electron chi connectivity index (χ0n) is 23.7. The first-order chi connectivity index (χ1) is 18.5. The van der Waals surface area contributed by atoms with Crippen LogP contribution in [-0.2, 0) is 21.5 Å².